The molecule has 0 unspecified atom stereocenters. The van der Waals surface area contributed by atoms with Crippen molar-refractivity contribution >= 4 is 0 Å². The third-order valence-corrected chi connectivity index (χ3v) is 3.04. The van der Waals surface area contributed by atoms with E-state index in [1.54, 1.807) is 12.1 Å². The van der Waals surface area contributed by atoms with Crippen LogP contribution in [0.1, 0.15) is 30.3 Å². The van der Waals surface area contributed by atoms with Crippen LogP contribution in [0.2, 0.25) is 0 Å². The molecule has 1 N–H and O–H groups in total. The maximum Gasteiger partial charge on any atom is 0.141 e. The van der Waals surface area contributed by atoms with Crippen molar-refractivity contribution in [2.45, 2.75) is 33.4 Å². The van der Waals surface area contributed by atoms with Crippen LogP contribution >= 0.6 is 0 Å². The van der Waals surface area contributed by atoms with E-state index in [-0.39, 0.29) is 5.82 Å². The minimum absolute atomic E-state index is 0.216. The highest BCUT2D eigenvalue weighted by Gasteiger charge is 2.07. The van der Waals surface area contributed by atoms with E-state index in [1.165, 1.54) is 12.4 Å². The van der Waals surface area contributed by atoms with Crippen LogP contribution in [-0.4, -0.2) is 21.3 Å². The molecule has 0 aliphatic carbocycles. The summed E-state index contributed by atoms with van der Waals surface area (Å²) < 4.78 is 15.1. The fourth-order valence-corrected chi connectivity index (χ4v) is 1.91. The van der Waals surface area contributed by atoms with Crippen molar-refractivity contribution in [1.29, 1.82) is 0 Å². The number of nitrogens with zero attached hydrogens (tertiary/aromatic N) is 3. The lowest BCUT2D eigenvalue weighted by Gasteiger charge is -2.09. The van der Waals surface area contributed by atoms with Gasteiger partial charge in [0.05, 0.1) is 13.1 Å². The minimum atomic E-state index is -0.216. The average molecular weight is 262 g/mol. The number of aryl methyl sites for hydroxylation is 1. The number of nitrogens with one attached hydrogen (secondary N) is 1. The quantitative estimate of drug-likeness (QED) is 0.812. The van der Waals surface area contributed by atoms with Crippen molar-refractivity contribution in [1.82, 2.24) is 20.1 Å². The van der Waals surface area contributed by atoms with Gasteiger partial charge in [-0.2, -0.15) is 5.10 Å². The van der Waals surface area contributed by atoms with Crippen molar-refractivity contribution in [2.75, 3.05) is 6.54 Å². The van der Waals surface area contributed by atoms with Gasteiger partial charge in [-0.1, -0.05) is 13.0 Å². The van der Waals surface area contributed by atoms with Crippen LogP contribution in [0.5, 0.6) is 0 Å². The number of rotatable bonds is 6. The molecular formula is C14H19FN4. The van der Waals surface area contributed by atoms with Crippen molar-refractivity contribution in [3.8, 4) is 0 Å². The lowest BCUT2D eigenvalue weighted by Crippen LogP contribution is -2.18. The van der Waals surface area contributed by atoms with E-state index < -0.39 is 0 Å². The highest BCUT2D eigenvalue weighted by Crippen LogP contribution is 2.12. The summed E-state index contributed by atoms with van der Waals surface area (Å²) in [5.41, 5.74) is 1.99. The largest absolute Gasteiger partial charge is 0.310 e. The van der Waals surface area contributed by atoms with Gasteiger partial charge in [0, 0.05) is 0 Å². The molecular weight excluding hydrogens is 243 g/mol. The Morgan fingerprint density at radius 3 is 3.00 bits per heavy atom. The fourth-order valence-electron chi connectivity index (χ4n) is 1.91. The van der Waals surface area contributed by atoms with Gasteiger partial charge in [-0.25, -0.2) is 14.1 Å². The Labute approximate surface area is 112 Å². The molecule has 0 fully saturated rings. The molecule has 0 amide bonds. The highest BCUT2D eigenvalue weighted by atomic mass is 19.1. The Hall–Kier alpha value is -1.75. The van der Waals surface area contributed by atoms with E-state index in [0.29, 0.717) is 13.1 Å². The Morgan fingerprint density at radius 2 is 2.21 bits per heavy atom. The summed E-state index contributed by atoms with van der Waals surface area (Å²) in [4.78, 5) is 4.23. The predicted molar refractivity (Wildman–Crippen MR) is 72.3 cm³/mol. The molecule has 5 heteroatoms. The van der Waals surface area contributed by atoms with Gasteiger partial charge >= 0.3 is 0 Å². The molecule has 0 bridgehead atoms. The highest BCUT2D eigenvalue weighted by molar-refractivity contribution is 5.26. The lowest BCUT2D eigenvalue weighted by molar-refractivity contribution is 0.577. The van der Waals surface area contributed by atoms with E-state index in [2.05, 4.69) is 22.3 Å². The first-order valence-electron chi connectivity index (χ1n) is 6.53. The summed E-state index contributed by atoms with van der Waals surface area (Å²) in [5, 5.41) is 7.50. The van der Waals surface area contributed by atoms with Gasteiger partial charge in [-0.3, -0.25) is 0 Å². The molecule has 0 aliphatic heterocycles. The van der Waals surface area contributed by atoms with E-state index in [9.17, 15) is 4.39 Å². The molecule has 1 aromatic carbocycles. The number of aromatic nitrogens is 3. The van der Waals surface area contributed by atoms with Crippen molar-refractivity contribution in [3.63, 3.8) is 0 Å². The second-order valence-corrected chi connectivity index (χ2v) is 4.58. The molecule has 0 spiro atoms. The molecule has 2 aromatic rings. The molecule has 1 heterocycles. The third-order valence-electron chi connectivity index (χ3n) is 3.04. The standard InChI is InChI=1S/C14H19FN4/c1-3-6-16-8-14-17-10-18-19(14)9-12-7-13(15)5-4-11(12)2/h4-5,7,10,16H,3,6,8-9H2,1-2H3. The molecule has 19 heavy (non-hydrogen) atoms. The second kappa shape index (κ2) is 6.43. The molecule has 102 valence electrons. The zero-order valence-electron chi connectivity index (χ0n) is 11.4. The van der Waals surface area contributed by atoms with Gasteiger partial charge < -0.3 is 5.32 Å². The van der Waals surface area contributed by atoms with Gasteiger partial charge in [0.2, 0.25) is 0 Å². The smallest absolute Gasteiger partial charge is 0.141 e. The van der Waals surface area contributed by atoms with E-state index >= 15 is 0 Å². The Bertz CT molecular complexity index is 536. The number of halogens is 1. The van der Waals surface area contributed by atoms with Crippen LogP contribution < -0.4 is 5.32 Å². The molecule has 0 saturated heterocycles. The zero-order chi connectivity index (χ0) is 13.7. The molecule has 0 radical (unpaired) electrons. The van der Waals surface area contributed by atoms with Gasteiger partial charge in [0.25, 0.3) is 0 Å². The van der Waals surface area contributed by atoms with Crippen LogP contribution in [0, 0.1) is 12.7 Å². The Morgan fingerprint density at radius 1 is 1.37 bits per heavy atom. The van der Waals surface area contributed by atoms with Crippen molar-refractivity contribution in [3.05, 3.63) is 47.3 Å². The molecule has 0 saturated carbocycles. The molecule has 0 atom stereocenters. The summed E-state index contributed by atoms with van der Waals surface area (Å²) in [5.74, 6) is 0.656. The summed E-state index contributed by atoms with van der Waals surface area (Å²) in [6.07, 6.45) is 2.62. The van der Waals surface area contributed by atoms with E-state index in [1.807, 2.05) is 11.6 Å². The lowest BCUT2D eigenvalue weighted by atomic mass is 10.1. The van der Waals surface area contributed by atoms with Crippen LogP contribution in [0.15, 0.2) is 24.5 Å². The number of hydrogen-bond donors (Lipinski definition) is 1. The van der Waals surface area contributed by atoms with Crippen LogP contribution in [0.25, 0.3) is 0 Å². The van der Waals surface area contributed by atoms with Gasteiger partial charge in [-0.05, 0) is 43.1 Å². The first-order valence-corrected chi connectivity index (χ1v) is 6.53. The SMILES string of the molecule is CCCNCc1ncnn1Cc1cc(F)ccc1C. The monoisotopic (exact) mass is 262 g/mol. The van der Waals surface area contributed by atoms with E-state index in [4.69, 9.17) is 0 Å². The topological polar surface area (TPSA) is 42.7 Å². The van der Waals surface area contributed by atoms with Crippen LogP contribution in [0.4, 0.5) is 4.39 Å². The zero-order valence-corrected chi connectivity index (χ0v) is 11.4. The van der Waals surface area contributed by atoms with Crippen LogP contribution in [0.3, 0.4) is 0 Å². The fraction of sp³-hybridized carbons (Fsp3) is 0.429. The average Bonchev–Trinajstić information content (AvgIpc) is 2.82. The van der Waals surface area contributed by atoms with Gasteiger partial charge in [-0.15, -0.1) is 0 Å². The first kappa shape index (κ1) is 13.7. The Kier molecular flexibility index (Phi) is 4.63. The maximum atomic E-state index is 13.3. The predicted octanol–water partition coefficient (Wildman–Crippen LogP) is 2.27. The molecule has 4 nitrogen and oxygen atoms in total. The molecule has 1 aromatic heterocycles. The van der Waals surface area contributed by atoms with Crippen molar-refractivity contribution in [2.24, 2.45) is 0 Å². The summed E-state index contributed by atoms with van der Waals surface area (Å²) in [6, 6.07) is 4.82. The second-order valence-electron chi connectivity index (χ2n) is 4.58. The summed E-state index contributed by atoms with van der Waals surface area (Å²) in [7, 11) is 0. The van der Waals surface area contributed by atoms with Crippen LogP contribution in [-0.2, 0) is 13.1 Å². The third kappa shape index (κ3) is 3.61. The number of benzene rings is 1. The maximum absolute atomic E-state index is 13.3. The molecule has 2 rings (SSSR count). The van der Waals surface area contributed by atoms with E-state index in [0.717, 1.165) is 29.9 Å². The molecule has 0 aliphatic rings. The minimum Gasteiger partial charge on any atom is -0.310 e. The first-order chi connectivity index (χ1) is 9.20. The van der Waals surface area contributed by atoms with Gasteiger partial charge in [0.15, 0.2) is 0 Å². The van der Waals surface area contributed by atoms with Gasteiger partial charge in [0.1, 0.15) is 18.0 Å². The normalized spacial score (nSPS) is 10.9. The Balaban J connectivity index is 2.10. The van der Waals surface area contributed by atoms with Crippen molar-refractivity contribution < 1.29 is 4.39 Å². The summed E-state index contributed by atoms with van der Waals surface area (Å²) >= 11 is 0. The summed E-state index contributed by atoms with van der Waals surface area (Å²) in [6.45, 7) is 6.27. The number of hydrogen-bond acceptors (Lipinski definition) is 3.